The van der Waals surface area contributed by atoms with Gasteiger partial charge in [0.1, 0.15) is 0 Å². The first kappa shape index (κ1) is 12.1. The van der Waals surface area contributed by atoms with Crippen molar-refractivity contribution >= 4 is 17.7 Å². The van der Waals surface area contributed by atoms with E-state index in [2.05, 4.69) is 12.1 Å². The molecule has 1 aromatic rings. The number of hydrogen-bond acceptors (Lipinski definition) is 2. The Morgan fingerprint density at radius 3 is 2.28 bits per heavy atom. The summed E-state index contributed by atoms with van der Waals surface area (Å²) in [6.07, 6.45) is 6.29. The van der Waals surface area contributed by atoms with Gasteiger partial charge in [-0.2, -0.15) is 0 Å². The van der Waals surface area contributed by atoms with Crippen molar-refractivity contribution in [1.29, 1.82) is 0 Å². The van der Waals surface area contributed by atoms with Crippen LogP contribution in [0.15, 0.2) is 29.2 Å². The summed E-state index contributed by atoms with van der Waals surface area (Å²) >= 11 is 1.92. The second-order valence-corrected chi connectivity index (χ2v) is 6.81. The number of hydrogen-bond donors (Lipinski definition) is 1. The number of carboxylic acid groups (broad SMARTS) is 1. The zero-order chi connectivity index (χ0) is 12.6. The van der Waals surface area contributed by atoms with Gasteiger partial charge in [-0.3, -0.25) is 4.79 Å². The maximum Gasteiger partial charge on any atom is 0.314 e. The van der Waals surface area contributed by atoms with E-state index in [0.29, 0.717) is 0 Å². The van der Waals surface area contributed by atoms with Gasteiger partial charge in [0.2, 0.25) is 0 Å². The molecule has 0 atom stereocenters. The Morgan fingerprint density at radius 1 is 1.17 bits per heavy atom. The number of carbonyl (C=O) groups is 1. The number of rotatable bonds is 4. The average Bonchev–Trinajstić information content (AvgIpc) is 3.04. The van der Waals surface area contributed by atoms with Crippen molar-refractivity contribution in [3.05, 3.63) is 29.8 Å². The summed E-state index contributed by atoms with van der Waals surface area (Å²) in [5.41, 5.74) is 0.385. The van der Waals surface area contributed by atoms with Crippen LogP contribution in [0.3, 0.4) is 0 Å². The Kier molecular flexibility index (Phi) is 3.10. The zero-order valence-corrected chi connectivity index (χ0v) is 11.2. The summed E-state index contributed by atoms with van der Waals surface area (Å²) in [5, 5.41) is 10.3. The third-order valence-corrected chi connectivity index (χ3v) is 5.45. The van der Waals surface area contributed by atoms with Crippen molar-refractivity contribution in [2.75, 3.05) is 0 Å². The van der Waals surface area contributed by atoms with Gasteiger partial charge in [0, 0.05) is 10.1 Å². The highest BCUT2D eigenvalue weighted by Gasteiger charge is 2.42. The molecule has 0 aliphatic heterocycles. The molecule has 2 aliphatic carbocycles. The minimum atomic E-state index is -0.650. The first-order chi connectivity index (χ1) is 8.71. The molecule has 0 heterocycles. The van der Waals surface area contributed by atoms with Crippen LogP contribution in [0.5, 0.6) is 0 Å². The van der Waals surface area contributed by atoms with Crippen LogP contribution in [0.2, 0.25) is 0 Å². The molecule has 2 fully saturated rings. The first-order valence-corrected chi connectivity index (χ1v) is 7.59. The zero-order valence-electron chi connectivity index (χ0n) is 10.4. The third kappa shape index (κ3) is 2.16. The quantitative estimate of drug-likeness (QED) is 0.895. The van der Waals surface area contributed by atoms with Crippen LogP contribution >= 0.6 is 11.8 Å². The summed E-state index contributed by atoms with van der Waals surface area (Å²) in [7, 11) is 0. The van der Waals surface area contributed by atoms with E-state index in [1.165, 1.54) is 17.7 Å². The molecular weight excluding hydrogens is 244 g/mol. The normalized spacial score (nSPS) is 22.0. The molecule has 96 valence electrons. The summed E-state index contributed by atoms with van der Waals surface area (Å²) in [4.78, 5) is 12.9. The van der Waals surface area contributed by atoms with Crippen LogP contribution < -0.4 is 0 Å². The maximum absolute atomic E-state index is 11.6. The van der Waals surface area contributed by atoms with Crippen molar-refractivity contribution < 1.29 is 9.90 Å². The molecule has 0 saturated heterocycles. The van der Waals surface area contributed by atoms with Gasteiger partial charge in [0.15, 0.2) is 0 Å². The van der Waals surface area contributed by atoms with E-state index in [1.807, 2.05) is 23.9 Å². The molecule has 18 heavy (non-hydrogen) atoms. The summed E-state index contributed by atoms with van der Waals surface area (Å²) in [6.45, 7) is 0. The Bertz CT molecular complexity index is 442. The SMILES string of the molecule is O=C(O)C1(c2ccc(SC3CC3)cc2)CCCC1. The lowest BCUT2D eigenvalue weighted by molar-refractivity contribution is -0.143. The van der Waals surface area contributed by atoms with Gasteiger partial charge in [-0.25, -0.2) is 0 Å². The molecule has 0 unspecified atom stereocenters. The van der Waals surface area contributed by atoms with Crippen LogP contribution in [0.4, 0.5) is 0 Å². The van der Waals surface area contributed by atoms with Gasteiger partial charge in [-0.1, -0.05) is 25.0 Å². The summed E-state index contributed by atoms with van der Waals surface area (Å²) in [6, 6.07) is 8.26. The third-order valence-electron chi connectivity index (χ3n) is 4.10. The highest BCUT2D eigenvalue weighted by atomic mass is 32.2. The van der Waals surface area contributed by atoms with Crippen molar-refractivity contribution in [2.45, 2.75) is 54.1 Å². The molecule has 2 nitrogen and oxygen atoms in total. The molecule has 0 spiro atoms. The lowest BCUT2D eigenvalue weighted by Gasteiger charge is -2.24. The first-order valence-electron chi connectivity index (χ1n) is 6.71. The molecule has 0 aromatic heterocycles. The van der Waals surface area contributed by atoms with Gasteiger partial charge in [0.25, 0.3) is 0 Å². The van der Waals surface area contributed by atoms with Gasteiger partial charge in [0.05, 0.1) is 5.41 Å². The Hall–Kier alpha value is -0.960. The maximum atomic E-state index is 11.6. The molecule has 0 amide bonds. The number of thioether (sulfide) groups is 1. The van der Waals surface area contributed by atoms with Crippen molar-refractivity contribution in [2.24, 2.45) is 0 Å². The summed E-state index contributed by atoms with van der Waals surface area (Å²) in [5.74, 6) is -0.650. The molecule has 0 radical (unpaired) electrons. The fourth-order valence-electron chi connectivity index (χ4n) is 2.84. The second-order valence-electron chi connectivity index (χ2n) is 5.44. The summed E-state index contributed by atoms with van der Waals surface area (Å²) < 4.78 is 0. The van der Waals surface area contributed by atoms with E-state index >= 15 is 0 Å². The largest absolute Gasteiger partial charge is 0.481 e. The molecule has 1 aromatic carbocycles. The Morgan fingerprint density at radius 2 is 1.78 bits per heavy atom. The minimum Gasteiger partial charge on any atom is -0.481 e. The molecule has 0 bridgehead atoms. The van der Waals surface area contributed by atoms with Crippen molar-refractivity contribution in [3.8, 4) is 0 Å². The smallest absolute Gasteiger partial charge is 0.314 e. The molecule has 2 aliphatic rings. The van der Waals surface area contributed by atoms with Gasteiger partial charge < -0.3 is 5.11 Å². The molecular formula is C15H18O2S. The van der Waals surface area contributed by atoms with Crippen molar-refractivity contribution in [1.82, 2.24) is 0 Å². The van der Waals surface area contributed by atoms with E-state index in [0.717, 1.165) is 36.5 Å². The lowest BCUT2D eigenvalue weighted by Crippen LogP contribution is -2.32. The fourth-order valence-corrected chi connectivity index (χ4v) is 3.89. The van der Waals surface area contributed by atoms with E-state index in [4.69, 9.17) is 0 Å². The number of carboxylic acids is 1. The predicted octanol–water partition coefficient (Wildman–Crippen LogP) is 3.84. The van der Waals surface area contributed by atoms with Crippen LogP contribution in [0, 0.1) is 0 Å². The molecule has 2 saturated carbocycles. The number of benzene rings is 1. The lowest BCUT2D eigenvalue weighted by atomic mass is 9.79. The van der Waals surface area contributed by atoms with Crippen molar-refractivity contribution in [3.63, 3.8) is 0 Å². The highest BCUT2D eigenvalue weighted by Crippen LogP contribution is 2.43. The average molecular weight is 262 g/mol. The molecule has 3 heteroatoms. The van der Waals surface area contributed by atoms with Gasteiger partial charge in [-0.15, -0.1) is 11.8 Å². The number of aliphatic carboxylic acids is 1. The van der Waals surface area contributed by atoms with E-state index in [-0.39, 0.29) is 0 Å². The molecule has 3 rings (SSSR count). The second kappa shape index (κ2) is 4.61. The highest BCUT2D eigenvalue weighted by molar-refractivity contribution is 8.00. The van der Waals surface area contributed by atoms with Crippen LogP contribution in [0.1, 0.15) is 44.1 Å². The van der Waals surface area contributed by atoms with Gasteiger partial charge >= 0.3 is 5.97 Å². The van der Waals surface area contributed by atoms with E-state index in [1.54, 1.807) is 0 Å². The Balaban J connectivity index is 1.83. The monoisotopic (exact) mass is 262 g/mol. The Labute approximate surface area is 112 Å². The van der Waals surface area contributed by atoms with Crippen LogP contribution in [0.25, 0.3) is 0 Å². The van der Waals surface area contributed by atoms with E-state index in [9.17, 15) is 9.90 Å². The van der Waals surface area contributed by atoms with E-state index < -0.39 is 11.4 Å². The van der Waals surface area contributed by atoms with Crippen LogP contribution in [-0.2, 0) is 10.2 Å². The predicted molar refractivity (Wildman–Crippen MR) is 73.1 cm³/mol. The minimum absolute atomic E-state index is 0.608. The van der Waals surface area contributed by atoms with Crippen LogP contribution in [-0.4, -0.2) is 16.3 Å². The molecule has 1 N–H and O–H groups in total. The standard InChI is InChI=1S/C15H18O2S/c16-14(17)15(9-1-2-10-15)11-3-5-12(6-4-11)18-13-7-8-13/h3-6,13H,1-2,7-10H2,(H,16,17). The van der Waals surface area contributed by atoms with Gasteiger partial charge in [-0.05, 0) is 43.4 Å². The fraction of sp³-hybridized carbons (Fsp3) is 0.533. The topological polar surface area (TPSA) is 37.3 Å².